The van der Waals surface area contributed by atoms with Crippen LogP contribution in [-0.4, -0.2) is 44.5 Å². The Kier molecular flexibility index (Phi) is 6.43. The molecular formula is C14H22N2O2S3. The summed E-state index contributed by atoms with van der Waals surface area (Å²) < 4.78 is 27.3. The molecule has 2 rings (SSSR count). The van der Waals surface area contributed by atoms with E-state index in [1.54, 1.807) is 12.1 Å². The van der Waals surface area contributed by atoms with Gasteiger partial charge in [0, 0.05) is 35.1 Å². The van der Waals surface area contributed by atoms with Crippen molar-refractivity contribution in [2.24, 2.45) is 0 Å². The summed E-state index contributed by atoms with van der Waals surface area (Å²) in [6.07, 6.45) is 0. The van der Waals surface area contributed by atoms with Gasteiger partial charge in [0.15, 0.2) is 0 Å². The molecule has 1 aromatic carbocycles. The summed E-state index contributed by atoms with van der Waals surface area (Å²) in [6, 6.07) is 7.29. The van der Waals surface area contributed by atoms with E-state index in [0.717, 1.165) is 17.1 Å². The van der Waals surface area contributed by atoms with Crippen molar-refractivity contribution in [1.82, 2.24) is 10.0 Å². The summed E-state index contributed by atoms with van der Waals surface area (Å²) in [4.78, 5) is 0.336. The molecule has 118 valence electrons. The van der Waals surface area contributed by atoms with Gasteiger partial charge in [-0.25, -0.2) is 13.1 Å². The van der Waals surface area contributed by atoms with Crippen LogP contribution in [0.4, 0.5) is 0 Å². The normalized spacial score (nSPS) is 21.1. The Morgan fingerprint density at radius 2 is 2.00 bits per heavy atom. The first-order valence-corrected chi connectivity index (χ1v) is 10.7. The lowest BCUT2D eigenvalue weighted by atomic mass is 10.1. The van der Waals surface area contributed by atoms with Gasteiger partial charge < -0.3 is 5.32 Å². The summed E-state index contributed by atoms with van der Waals surface area (Å²) in [7, 11) is -1.52. The second-order valence-corrected chi connectivity index (χ2v) is 9.32. The maximum absolute atomic E-state index is 12.3. The molecule has 21 heavy (non-hydrogen) atoms. The number of rotatable bonds is 6. The third kappa shape index (κ3) is 4.89. The molecule has 1 aliphatic heterocycles. The van der Waals surface area contributed by atoms with Crippen LogP contribution in [-0.2, 0) is 10.0 Å². The van der Waals surface area contributed by atoms with Crippen LogP contribution in [0.15, 0.2) is 29.2 Å². The molecular weight excluding hydrogens is 324 g/mol. The van der Waals surface area contributed by atoms with Crippen molar-refractivity contribution in [3.8, 4) is 0 Å². The minimum absolute atomic E-state index is 0.213. The molecule has 2 unspecified atom stereocenters. The topological polar surface area (TPSA) is 58.2 Å². The molecule has 2 atom stereocenters. The van der Waals surface area contributed by atoms with E-state index in [-0.39, 0.29) is 6.04 Å². The summed E-state index contributed by atoms with van der Waals surface area (Å²) in [5.41, 5.74) is 1.08. The first kappa shape index (κ1) is 17.1. The third-order valence-electron chi connectivity index (χ3n) is 3.51. The fourth-order valence-electron chi connectivity index (χ4n) is 2.04. The fraction of sp³-hybridized carbons (Fsp3) is 0.571. The molecule has 2 N–H and O–H groups in total. The number of hydrogen-bond donors (Lipinski definition) is 2. The molecule has 1 aliphatic rings. The quantitative estimate of drug-likeness (QED) is 0.826. The van der Waals surface area contributed by atoms with Gasteiger partial charge >= 0.3 is 0 Å². The molecule has 0 radical (unpaired) electrons. The van der Waals surface area contributed by atoms with Crippen LogP contribution in [0.3, 0.4) is 0 Å². The van der Waals surface area contributed by atoms with Crippen LogP contribution >= 0.6 is 23.5 Å². The molecule has 4 nitrogen and oxygen atoms in total. The first-order valence-electron chi connectivity index (χ1n) is 6.99. The Bertz CT molecular complexity index is 540. The van der Waals surface area contributed by atoms with E-state index in [9.17, 15) is 8.42 Å². The van der Waals surface area contributed by atoms with Crippen molar-refractivity contribution in [3.63, 3.8) is 0 Å². The zero-order valence-electron chi connectivity index (χ0n) is 12.3. The van der Waals surface area contributed by atoms with Crippen molar-refractivity contribution < 1.29 is 8.42 Å². The van der Waals surface area contributed by atoms with Gasteiger partial charge in [-0.15, -0.1) is 0 Å². The minimum Gasteiger partial charge on any atom is -0.313 e. The van der Waals surface area contributed by atoms with E-state index < -0.39 is 10.0 Å². The van der Waals surface area contributed by atoms with Crippen molar-refractivity contribution in [1.29, 1.82) is 0 Å². The van der Waals surface area contributed by atoms with Crippen molar-refractivity contribution in [3.05, 3.63) is 29.8 Å². The first-order chi connectivity index (χ1) is 10.0. The van der Waals surface area contributed by atoms with Gasteiger partial charge in [-0.05, 0) is 31.7 Å². The monoisotopic (exact) mass is 346 g/mol. The third-order valence-corrected chi connectivity index (χ3v) is 7.79. The molecule has 1 aromatic rings. The van der Waals surface area contributed by atoms with E-state index in [2.05, 4.69) is 10.0 Å². The van der Waals surface area contributed by atoms with Crippen molar-refractivity contribution >= 4 is 33.5 Å². The maximum Gasteiger partial charge on any atom is 0.240 e. The molecule has 0 amide bonds. The highest BCUT2D eigenvalue weighted by molar-refractivity contribution is 8.06. The number of sulfonamides is 1. The van der Waals surface area contributed by atoms with Gasteiger partial charge in [-0.2, -0.15) is 23.5 Å². The molecule has 1 heterocycles. The predicted molar refractivity (Wildman–Crippen MR) is 92.7 cm³/mol. The summed E-state index contributed by atoms with van der Waals surface area (Å²) in [6.45, 7) is 2.55. The van der Waals surface area contributed by atoms with Gasteiger partial charge in [-0.3, -0.25) is 0 Å². The highest BCUT2D eigenvalue weighted by Crippen LogP contribution is 2.24. The lowest BCUT2D eigenvalue weighted by Gasteiger charge is -2.21. The van der Waals surface area contributed by atoms with Gasteiger partial charge in [0.25, 0.3) is 0 Å². The largest absolute Gasteiger partial charge is 0.313 e. The van der Waals surface area contributed by atoms with Crippen LogP contribution < -0.4 is 10.0 Å². The highest BCUT2D eigenvalue weighted by Gasteiger charge is 2.19. The minimum atomic E-state index is -3.40. The Balaban J connectivity index is 1.98. The number of thioether (sulfide) groups is 2. The SMILES string of the molecule is CNC(C)c1ccc(S(=O)(=O)NCC2CSCCS2)cc1. The second kappa shape index (κ2) is 7.87. The maximum atomic E-state index is 12.3. The van der Waals surface area contributed by atoms with Crippen LogP contribution in [0.1, 0.15) is 18.5 Å². The lowest BCUT2D eigenvalue weighted by molar-refractivity contribution is 0.581. The smallest absolute Gasteiger partial charge is 0.240 e. The summed E-state index contributed by atoms with van der Waals surface area (Å²) in [5.74, 6) is 3.29. The van der Waals surface area contributed by atoms with Crippen LogP contribution in [0.25, 0.3) is 0 Å². The number of nitrogens with one attached hydrogen (secondary N) is 2. The summed E-state index contributed by atoms with van der Waals surface area (Å²) in [5, 5.41) is 3.51. The molecule has 1 saturated heterocycles. The molecule has 0 spiro atoms. The molecule has 1 fully saturated rings. The Morgan fingerprint density at radius 3 is 2.57 bits per heavy atom. The molecule has 0 aliphatic carbocycles. The van der Waals surface area contributed by atoms with Crippen LogP contribution in [0.2, 0.25) is 0 Å². The fourth-order valence-corrected chi connectivity index (χ4v) is 5.84. The van der Waals surface area contributed by atoms with Crippen molar-refractivity contribution in [2.75, 3.05) is 30.9 Å². The molecule has 0 bridgehead atoms. The molecule has 7 heteroatoms. The summed E-state index contributed by atoms with van der Waals surface area (Å²) >= 11 is 3.75. The average molecular weight is 347 g/mol. The zero-order valence-corrected chi connectivity index (χ0v) is 14.8. The Morgan fingerprint density at radius 1 is 1.29 bits per heavy atom. The molecule has 0 aromatic heterocycles. The van der Waals surface area contributed by atoms with Gasteiger partial charge in [0.1, 0.15) is 0 Å². The second-order valence-electron chi connectivity index (χ2n) is 5.00. The Hall–Kier alpha value is -0.210. The average Bonchev–Trinajstić information content (AvgIpc) is 2.53. The number of hydrogen-bond acceptors (Lipinski definition) is 5. The van der Waals surface area contributed by atoms with Gasteiger partial charge in [0.05, 0.1) is 4.90 Å². The van der Waals surface area contributed by atoms with E-state index >= 15 is 0 Å². The lowest BCUT2D eigenvalue weighted by Crippen LogP contribution is -2.33. The van der Waals surface area contributed by atoms with E-state index in [0.29, 0.717) is 16.7 Å². The van der Waals surface area contributed by atoms with Crippen LogP contribution in [0, 0.1) is 0 Å². The number of benzene rings is 1. The van der Waals surface area contributed by atoms with Gasteiger partial charge in [0.2, 0.25) is 10.0 Å². The van der Waals surface area contributed by atoms with E-state index in [1.807, 2.05) is 49.6 Å². The van der Waals surface area contributed by atoms with E-state index in [4.69, 9.17) is 0 Å². The standard InChI is InChI=1S/C14H22N2O2S3/c1-11(15-2)12-3-5-14(6-4-12)21(17,18)16-9-13-10-19-7-8-20-13/h3-6,11,13,15-16H,7-10H2,1-2H3. The molecule has 0 saturated carbocycles. The van der Waals surface area contributed by atoms with Gasteiger partial charge in [-0.1, -0.05) is 12.1 Å². The predicted octanol–water partition coefficient (Wildman–Crippen LogP) is 2.09. The van der Waals surface area contributed by atoms with Crippen LogP contribution in [0.5, 0.6) is 0 Å². The highest BCUT2D eigenvalue weighted by atomic mass is 32.2. The zero-order chi connectivity index (χ0) is 15.3. The Labute approximate surface area is 135 Å². The van der Waals surface area contributed by atoms with Crippen molar-refractivity contribution in [2.45, 2.75) is 23.1 Å². The van der Waals surface area contributed by atoms with E-state index in [1.165, 1.54) is 5.75 Å².